The van der Waals surface area contributed by atoms with Crippen LogP contribution in [0.5, 0.6) is 0 Å². The zero-order valence-corrected chi connectivity index (χ0v) is 9.52. The van der Waals surface area contributed by atoms with Crippen molar-refractivity contribution in [1.82, 2.24) is 0 Å². The van der Waals surface area contributed by atoms with E-state index in [0.717, 1.165) is 19.3 Å². The second-order valence-corrected chi connectivity index (χ2v) is 4.70. The van der Waals surface area contributed by atoms with Crippen LogP contribution in [-0.4, -0.2) is 0 Å². The summed E-state index contributed by atoms with van der Waals surface area (Å²) in [4.78, 5) is 0. The Labute approximate surface area is 93.1 Å². The van der Waals surface area contributed by atoms with E-state index < -0.39 is 0 Å². The Hall–Kier alpha value is -0.800. The zero-order valence-electron chi connectivity index (χ0n) is 6.54. The topological polar surface area (TPSA) is 49.8 Å². The molecule has 2 rings (SSSR count). The molecule has 2 aromatic rings. The summed E-state index contributed by atoms with van der Waals surface area (Å²) < 4.78 is 2.12. The van der Waals surface area contributed by atoms with Gasteiger partial charge in [0.1, 0.15) is 6.07 Å². The first kappa shape index (κ1) is 8.78. The van der Waals surface area contributed by atoms with Gasteiger partial charge in [-0.05, 0) is 34.7 Å². The van der Waals surface area contributed by atoms with Crippen molar-refractivity contribution in [3.05, 3.63) is 26.6 Å². The molecule has 0 saturated carbocycles. The SMILES string of the molecule is N#Cc1cc2c(N)csc2cc1I. The molecule has 2 N–H and O–H groups in total. The molecule has 0 unspecified atom stereocenters. The number of anilines is 1. The molecular formula is C9H5IN2S. The van der Waals surface area contributed by atoms with E-state index in [9.17, 15) is 0 Å². The van der Waals surface area contributed by atoms with Crippen molar-refractivity contribution >= 4 is 49.7 Å². The summed E-state index contributed by atoms with van der Waals surface area (Å²) in [5, 5.41) is 11.7. The normalized spacial score (nSPS) is 10.2. The molecule has 0 aliphatic rings. The minimum atomic E-state index is 0.693. The maximum atomic E-state index is 8.81. The highest BCUT2D eigenvalue weighted by molar-refractivity contribution is 14.1. The fourth-order valence-corrected chi connectivity index (χ4v) is 2.82. The summed E-state index contributed by atoms with van der Waals surface area (Å²) in [5.41, 5.74) is 7.20. The van der Waals surface area contributed by atoms with Gasteiger partial charge in [0.05, 0.1) is 11.3 Å². The Bertz CT molecular complexity index is 510. The molecule has 1 aromatic carbocycles. The minimum absolute atomic E-state index is 0.693. The number of hydrogen-bond acceptors (Lipinski definition) is 3. The van der Waals surface area contributed by atoms with Crippen LogP contribution >= 0.6 is 33.9 Å². The van der Waals surface area contributed by atoms with Crippen molar-refractivity contribution in [3.63, 3.8) is 0 Å². The van der Waals surface area contributed by atoms with Gasteiger partial charge >= 0.3 is 0 Å². The third kappa shape index (κ3) is 1.38. The van der Waals surface area contributed by atoms with Crippen LogP contribution in [0.3, 0.4) is 0 Å². The highest BCUT2D eigenvalue weighted by Crippen LogP contribution is 2.30. The lowest BCUT2D eigenvalue weighted by Crippen LogP contribution is -1.84. The number of nitrogen functional groups attached to an aromatic ring is 1. The molecule has 2 nitrogen and oxygen atoms in total. The number of thiophene rings is 1. The number of benzene rings is 1. The van der Waals surface area contributed by atoms with Crippen molar-refractivity contribution in [1.29, 1.82) is 5.26 Å². The quantitative estimate of drug-likeness (QED) is 0.760. The summed E-state index contributed by atoms with van der Waals surface area (Å²) in [6.45, 7) is 0. The predicted octanol–water partition coefficient (Wildman–Crippen LogP) is 2.96. The van der Waals surface area contributed by atoms with E-state index in [1.54, 1.807) is 11.3 Å². The maximum absolute atomic E-state index is 8.81. The first-order chi connectivity index (χ1) is 6.22. The van der Waals surface area contributed by atoms with Gasteiger partial charge in [0.15, 0.2) is 0 Å². The Balaban J connectivity index is 2.86. The Morgan fingerprint density at radius 3 is 2.92 bits per heavy atom. The molecular weight excluding hydrogens is 295 g/mol. The van der Waals surface area contributed by atoms with Crippen molar-refractivity contribution in [3.8, 4) is 6.07 Å². The number of nitrogens with zero attached hydrogens (tertiary/aromatic N) is 1. The maximum Gasteiger partial charge on any atom is 0.100 e. The van der Waals surface area contributed by atoms with Crippen LogP contribution in [0.2, 0.25) is 0 Å². The van der Waals surface area contributed by atoms with Gasteiger partial charge in [0.25, 0.3) is 0 Å². The van der Waals surface area contributed by atoms with E-state index >= 15 is 0 Å². The summed E-state index contributed by atoms with van der Waals surface area (Å²) >= 11 is 3.77. The standard InChI is InChI=1S/C9H5IN2S/c10-7-2-9-6(1-5(7)3-11)8(12)4-13-9/h1-2,4H,12H2. The summed E-state index contributed by atoms with van der Waals surface area (Å²) in [7, 11) is 0. The molecule has 0 aliphatic carbocycles. The van der Waals surface area contributed by atoms with Gasteiger partial charge in [0, 0.05) is 19.0 Å². The molecule has 4 heteroatoms. The Morgan fingerprint density at radius 1 is 1.46 bits per heavy atom. The molecule has 13 heavy (non-hydrogen) atoms. The lowest BCUT2D eigenvalue weighted by atomic mass is 10.2. The molecule has 0 saturated heterocycles. The van der Waals surface area contributed by atoms with Gasteiger partial charge in [-0.25, -0.2) is 0 Å². The van der Waals surface area contributed by atoms with Gasteiger partial charge in [-0.15, -0.1) is 11.3 Å². The average Bonchev–Trinajstić information content (AvgIpc) is 2.46. The summed E-state index contributed by atoms with van der Waals surface area (Å²) in [6.07, 6.45) is 0. The molecule has 64 valence electrons. The number of rotatable bonds is 0. The van der Waals surface area contributed by atoms with E-state index in [2.05, 4.69) is 28.7 Å². The van der Waals surface area contributed by atoms with Crippen molar-refractivity contribution in [2.24, 2.45) is 0 Å². The number of fused-ring (bicyclic) bond motifs is 1. The van der Waals surface area contributed by atoms with Gasteiger partial charge in [-0.2, -0.15) is 5.26 Å². The Morgan fingerprint density at radius 2 is 2.23 bits per heavy atom. The van der Waals surface area contributed by atoms with Crippen LogP contribution in [-0.2, 0) is 0 Å². The first-order valence-corrected chi connectivity index (χ1v) is 5.54. The second-order valence-electron chi connectivity index (χ2n) is 2.63. The molecule has 0 spiro atoms. The fraction of sp³-hybridized carbons (Fsp3) is 0. The molecule has 0 aliphatic heterocycles. The highest BCUT2D eigenvalue weighted by Gasteiger charge is 2.05. The predicted molar refractivity (Wildman–Crippen MR) is 63.7 cm³/mol. The van der Waals surface area contributed by atoms with Gasteiger partial charge < -0.3 is 5.73 Å². The third-order valence-corrected chi connectivity index (χ3v) is 3.67. The van der Waals surface area contributed by atoms with Crippen LogP contribution < -0.4 is 5.73 Å². The molecule has 0 amide bonds. The smallest absolute Gasteiger partial charge is 0.100 e. The van der Waals surface area contributed by atoms with Crippen LogP contribution in [0.1, 0.15) is 5.56 Å². The molecule has 1 aromatic heterocycles. The van der Waals surface area contributed by atoms with E-state index in [4.69, 9.17) is 11.0 Å². The number of nitriles is 1. The van der Waals surface area contributed by atoms with Crippen LogP contribution in [0.25, 0.3) is 10.1 Å². The molecule has 1 heterocycles. The third-order valence-electron chi connectivity index (χ3n) is 1.81. The van der Waals surface area contributed by atoms with Crippen LogP contribution in [0.15, 0.2) is 17.5 Å². The molecule has 0 atom stereocenters. The highest BCUT2D eigenvalue weighted by atomic mass is 127. The first-order valence-electron chi connectivity index (χ1n) is 3.58. The molecule has 0 fully saturated rings. The zero-order chi connectivity index (χ0) is 9.42. The number of halogens is 1. The van der Waals surface area contributed by atoms with E-state index in [-0.39, 0.29) is 0 Å². The monoisotopic (exact) mass is 300 g/mol. The summed E-state index contributed by atoms with van der Waals surface area (Å²) in [5.74, 6) is 0. The number of hydrogen-bond donors (Lipinski definition) is 1. The summed E-state index contributed by atoms with van der Waals surface area (Å²) in [6, 6.07) is 5.99. The van der Waals surface area contributed by atoms with E-state index in [1.165, 1.54) is 0 Å². The average molecular weight is 300 g/mol. The van der Waals surface area contributed by atoms with Crippen LogP contribution in [0, 0.1) is 14.9 Å². The van der Waals surface area contributed by atoms with E-state index in [0.29, 0.717) is 5.56 Å². The van der Waals surface area contributed by atoms with Crippen molar-refractivity contribution in [2.45, 2.75) is 0 Å². The van der Waals surface area contributed by atoms with Crippen molar-refractivity contribution < 1.29 is 0 Å². The van der Waals surface area contributed by atoms with E-state index in [1.807, 2.05) is 17.5 Å². The second kappa shape index (κ2) is 3.16. The Kier molecular flexibility index (Phi) is 2.14. The van der Waals surface area contributed by atoms with Gasteiger partial charge in [0.2, 0.25) is 0 Å². The van der Waals surface area contributed by atoms with Gasteiger partial charge in [-0.3, -0.25) is 0 Å². The van der Waals surface area contributed by atoms with Crippen molar-refractivity contribution in [2.75, 3.05) is 5.73 Å². The lowest BCUT2D eigenvalue weighted by molar-refractivity contribution is 1.48. The molecule has 0 radical (unpaired) electrons. The van der Waals surface area contributed by atoms with Gasteiger partial charge in [-0.1, -0.05) is 0 Å². The largest absolute Gasteiger partial charge is 0.398 e. The fourth-order valence-electron chi connectivity index (χ4n) is 1.15. The lowest BCUT2D eigenvalue weighted by Gasteiger charge is -1.96. The number of nitrogens with two attached hydrogens (primary N) is 1. The molecule has 0 bridgehead atoms. The van der Waals surface area contributed by atoms with Crippen LogP contribution in [0.4, 0.5) is 5.69 Å². The minimum Gasteiger partial charge on any atom is -0.398 e.